The van der Waals surface area contributed by atoms with Crippen LogP contribution in [0.1, 0.15) is 72.1 Å². The molecular weight excluding hydrogens is 698 g/mol. The zero-order valence-corrected chi connectivity index (χ0v) is 30.8. The summed E-state index contributed by atoms with van der Waals surface area (Å²) in [7, 11) is 0. The summed E-state index contributed by atoms with van der Waals surface area (Å²) in [6.45, 7) is 7.39. The van der Waals surface area contributed by atoms with Crippen molar-refractivity contribution in [3.05, 3.63) is 81.6 Å². The first-order chi connectivity index (χ1) is 25.3. The summed E-state index contributed by atoms with van der Waals surface area (Å²) in [6.07, 6.45) is 0.151. The highest BCUT2D eigenvalue weighted by Gasteiger charge is 2.68. The van der Waals surface area contributed by atoms with Gasteiger partial charge in [-0.2, -0.15) is 18.4 Å². The standard InChI is InChI=1S/C40H43F3N8OS/c1-3-34-47-36(31-16-29(17-40(41,42)43)53-37(31)48-34)46-27-10-12-50(13-11-27)19-26-8-9-33-30(24(26)2)15-28(18-44)51(33)23-38-20-39(21-38,22-38)49-35(52)14-25-6-4-5-7-32(25)45/h4-9,15-16,27H,3,10-14,17,19-23,45H2,1-2H3,(H,49,52)(H,46,47,48). The normalized spacial score (nSPS) is 21.7. The Bertz CT molecular complexity index is 2240. The molecule has 2 aromatic carbocycles. The molecule has 1 aliphatic heterocycles. The minimum absolute atomic E-state index is 0.00137. The number of halogens is 3. The molecule has 1 amide bonds. The number of aromatic nitrogens is 3. The van der Waals surface area contributed by atoms with Gasteiger partial charge in [-0.3, -0.25) is 9.69 Å². The highest BCUT2D eigenvalue weighted by Crippen LogP contribution is 2.68. The molecule has 0 unspecified atom stereocenters. The predicted molar refractivity (Wildman–Crippen MR) is 202 cm³/mol. The molecule has 2 bridgehead atoms. The van der Waals surface area contributed by atoms with Crippen LogP contribution in [-0.2, 0) is 37.1 Å². The average molecular weight is 741 g/mol. The quantitative estimate of drug-likeness (QED) is 0.120. The van der Waals surface area contributed by atoms with E-state index in [1.807, 2.05) is 37.3 Å². The molecule has 0 atom stereocenters. The van der Waals surface area contributed by atoms with Crippen LogP contribution in [0.2, 0.25) is 0 Å². The number of nitriles is 1. The number of nitrogens with one attached hydrogen (secondary N) is 2. The molecule has 4 aliphatic rings. The number of rotatable bonds is 11. The van der Waals surface area contributed by atoms with Crippen molar-refractivity contribution in [1.29, 1.82) is 5.26 Å². The summed E-state index contributed by atoms with van der Waals surface area (Å²) in [6, 6.07) is 18.0. The van der Waals surface area contributed by atoms with Gasteiger partial charge in [0.15, 0.2) is 0 Å². The molecule has 4 heterocycles. The van der Waals surface area contributed by atoms with Crippen LogP contribution in [0.4, 0.5) is 24.7 Å². The van der Waals surface area contributed by atoms with Crippen molar-refractivity contribution in [2.24, 2.45) is 5.41 Å². The maximum atomic E-state index is 13.1. The minimum Gasteiger partial charge on any atom is -0.398 e. The largest absolute Gasteiger partial charge is 0.398 e. The molecule has 53 heavy (non-hydrogen) atoms. The number of nitrogens with zero attached hydrogens (tertiary/aromatic N) is 5. The van der Waals surface area contributed by atoms with E-state index in [0.29, 0.717) is 39.7 Å². The number of aryl methyl sites for hydroxylation is 2. The average Bonchev–Trinajstić information content (AvgIpc) is 3.66. The second-order valence-electron chi connectivity index (χ2n) is 15.5. The van der Waals surface area contributed by atoms with Crippen molar-refractivity contribution in [3.63, 3.8) is 0 Å². The van der Waals surface area contributed by atoms with Crippen LogP contribution in [-0.4, -0.2) is 56.2 Å². The number of thiophene rings is 1. The summed E-state index contributed by atoms with van der Waals surface area (Å²) in [5.41, 5.74) is 11.6. The highest BCUT2D eigenvalue weighted by atomic mass is 32.1. The first kappa shape index (κ1) is 35.4. The van der Waals surface area contributed by atoms with Crippen LogP contribution in [0.25, 0.3) is 21.1 Å². The third-order valence-electron chi connectivity index (χ3n) is 11.5. The first-order valence-electron chi connectivity index (χ1n) is 18.3. The third-order valence-corrected chi connectivity index (χ3v) is 12.6. The Morgan fingerprint density at radius 1 is 1.08 bits per heavy atom. The number of anilines is 2. The number of amides is 1. The van der Waals surface area contributed by atoms with Gasteiger partial charge in [-0.1, -0.05) is 31.2 Å². The second-order valence-corrected chi connectivity index (χ2v) is 16.6. The number of benzene rings is 2. The molecule has 3 saturated carbocycles. The molecule has 1 saturated heterocycles. The van der Waals surface area contributed by atoms with Gasteiger partial charge in [-0.25, -0.2) is 9.97 Å². The van der Waals surface area contributed by atoms with Gasteiger partial charge in [-0.05, 0) is 85.4 Å². The number of likely N-dealkylation sites (tertiary alicyclic amines) is 1. The predicted octanol–water partition coefficient (Wildman–Crippen LogP) is 7.43. The lowest BCUT2D eigenvalue weighted by molar-refractivity contribution is -0.171. The Kier molecular flexibility index (Phi) is 8.89. The van der Waals surface area contributed by atoms with Crippen LogP contribution >= 0.6 is 11.3 Å². The van der Waals surface area contributed by atoms with Gasteiger partial charge in [0.25, 0.3) is 0 Å². The van der Waals surface area contributed by atoms with Gasteiger partial charge in [0.2, 0.25) is 5.91 Å². The summed E-state index contributed by atoms with van der Waals surface area (Å²) < 4.78 is 41.5. The third kappa shape index (κ3) is 6.95. The van der Waals surface area contributed by atoms with E-state index >= 15 is 0 Å². The fraction of sp³-hybridized carbons (Fsp3) is 0.450. The number of alkyl halides is 3. The molecule has 4 fully saturated rings. The van der Waals surface area contributed by atoms with E-state index in [1.165, 1.54) is 11.1 Å². The van der Waals surface area contributed by atoms with Crippen LogP contribution < -0.4 is 16.4 Å². The van der Waals surface area contributed by atoms with Crippen LogP contribution in [0, 0.1) is 23.7 Å². The number of fused-ring (bicyclic) bond motifs is 2. The Hall–Kier alpha value is -4.67. The van der Waals surface area contributed by atoms with Crippen molar-refractivity contribution in [2.75, 3.05) is 24.1 Å². The van der Waals surface area contributed by atoms with E-state index < -0.39 is 12.6 Å². The lowest BCUT2D eigenvalue weighted by Crippen LogP contribution is -2.75. The molecular formula is C40H43F3N8OS. The molecule has 3 aromatic heterocycles. The van der Waals surface area contributed by atoms with Crippen molar-refractivity contribution in [3.8, 4) is 6.07 Å². The zero-order valence-electron chi connectivity index (χ0n) is 29.9. The van der Waals surface area contributed by atoms with E-state index in [-0.39, 0.29) is 34.2 Å². The molecule has 9 rings (SSSR count). The second kappa shape index (κ2) is 13.3. The minimum atomic E-state index is -4.27. The van der Waals surface area contributed by atoms with Gasteiger partial charge >= 0.3 is 6.18 Å². The van der Waals surface area contributed by atoms with Gasteiger partial charge in [0.05, 0.1) is 18.2 Å². The van der Waals surface area contributed by atoms with E-state index in [1.54, 1.807) is 6.07 Å². The van der Waals surface area contributed by atoms with Gasteiger partial charge in [0.1, 0.15) is 28.2 Å². The highest BCUT2D eigenvalue weighted by molar-refractivity contribution is 7.18. The number of carbonyl (C=O) groups is 1. The molecule has 13 heteroatoms. The summed E-state index contributed by atoms with van der Waals surface area (Å²) >= 11 is 1.09. The fourth-order valence-electron chi connectivity index (χ4n) is 9.04. The fourth-order valence-corrected chi connectivity index (χ4v) is 10.1. The molecule has 276 valence electrons. The van der Waals surface area contributed by atoms with Gasteiger partial charge < -0.3 is 20.9 Å². The smallest absolute Gasteiger partial charge is 0.393 e. The Balaban J connectivity index is 0.890. The van der Waals surface area contributed by atoms with Crippen molar-refractivity contribution < 1.29 is 18.0 Å². The maximum Gasteiger partial charge on any atom is 0.393 e. The molecule has 0 radical (unpaired) electrons. The van der Waals surface area contributed by atoms with Gasteiger partial charge in [-0.15, -0.1) is 11.3 Å². The van der Waals surface area contributed by atoms with Crippen LogP contribution in [0.5, 0.6) is 0 Å². The number of nitrogen functional groups attached to an aromatic ring is 1. The lowest BCUT2D eigenvalue weighted by Gasteiger charge is -2.70. The molecule has 4 N–H and O–H groups in total. The Morgan fingerprint density at radius 2 is 1.83 bits per heavy atom. The number of carbonyl (C=O) groups excluding carboxylic acids is 1. The lowest BCUT2D eigenvalue weighted by atomic mass is 9.39. The van der Waals surface area contributed by atoms with E-state index in [9.17, 15) is 23.2 Å². The Morgan fingerprint density at radius 3 is 2.53 bits per heavy atom. The van der Waals surface area contributed by atoms with Crippen molar-refractivity contribution >= 4 is 49.9 Å². The van der Waals surface area contributed by atoms with Crippen LogP contribution in [0.3, 0.4) is 0 Å². The van der Waals surface area contributed by atoms with Crippen LogP contribution in [0.15, 0.2) is 48.5 Å². The van der Waals surface area contributed by atoms with Crippen molar-refractivity contribution in [1.82, 2.24) is 24.8 Å². The molecule has 5 aromatic rings. The van der Waals surface area contributed by atoms with E-state index in [4.69, 9.17) is 5.73 Å². The SMILES string of the molecule is CCc1nc(NC2CCN(Cc3ccc4c(cc(C#N)n4CC45CC(NC(=O)Cc6ccccc6N)(C4)C5)c3C)CC2)c2cc(CC(F)(F)F)sc2n1. The zero-order chi connectivity index (χ0) is 37.1. The summed E-state index contributed by atoms with van der Waals surface area (Å²) in [5.74, 6) is 1.25. The van der Waals surface area contributed by atoms with Crippen molar-refractivity contribution in [2.45, 2.75) is 96.1 Å². The van der Waals surface area contributed by atoms with E-state index in [0.717, 1.165) is 86.1 Å². The number of hydrogen-bond acceptors (Lipinski definition) is 8. The summed E-state index contributed by atoms with van der Waals surface area (Å²) in [5, 5.41) is 18.7. The van der Waals surface area contributed by atoms with Gasteiger partial charge in [0, 0.05) is 65.6 Å². The monoisotopic (exact) mass is 740 g/mol. The van der Waals surface area contributed by atoms with E-state index in [2.05, 4.69) is 55.2 Å². The Labute approximate surface area is 310 Å². The number of hydrogen-bond donors (Lipinski definition) is 3. The molecule has 9 nitrogen and oxygen atoms in total. The number of nitrogens with two attached hydrogens (primary N) is 1. The first-order valence-corrected chi connectivity index (χ1v) is 19.2. The maximum absolute atomic E-state index is 13.1. The topological polar surface area (TPSA) is 125 Å². The molecule has 0 spiro atoms. The number of piperidine rings is 1. The number of para-hydroxylation sites is 1. The molecule has 3 aliphatic carbocycles. The summed E-state index contributed by atoms with van der Waals surface area (Å²) in [4.78, 5) is 25.3.